The lowest BCUT2D eigenvalue weighted by Crippen LogP contribution is -2.43. The molecule has 1 fully saturated rings. The maximum Gasteiger partial charge on any atom is 0.410 e. The molecule has 0 saturated carbocycles. The Kier molecular flexibility index (Phi) is 3.54. The van der Waals surface area contributed by atoms with Crippen LogP contribution in [0.15, 0.2) is 0 Å². The SMILES string of the molecule is CC(C)OC(=O)N1CCC[C@H](O)C1. The van der Waals surface area contributed by atoms with Crippen molar-refractivity contribution in [2.45, 2.75) is 38.9 Å². The van der Waals surface area contributed by atoms with Crippen LogP contribution in [0, 0.1) is 0 Å². The van der Waals surface area contributed by atoms with E-state index in [1.54, 1.807) is 4.90 Å². The van der Waals surface area contributed by atoms with Gasteiger partial charge in [-0.25, -0.2) is 4.79 Å². The second-order valence-corrected chi connectivity index (χ2v) is 3.67. The Bertz CT molecular complexity index is 182. The first-order chi connectivity index (χ1) is 6.09. The lowest BCUT2D eigenvalue weighted by molar-refractivity contribution is 0.0365. The maximum absolute atomic E-state index is 11.3. The quantitative estimate of drug-likeness (QED) is 0.666. The van der Waals surface area contributed by atoms with Gasteiger partial charge in [0.25, 0.3) is 0 Å². The molecule has 4 heteroatoms. The molecule has 1 amide bonds. The molecule has 1 saturated heterocycles. The summed E-state index contributed by atoms with van der Waals surface area (Å²) in [7, 11) is 0. The molecule has 4 nitrogen and oxygen atoms in total. The molecular formula is C9H17NO3. The van der Waals surface area contributed by atoms with Crippen molar-refractivity contribution in [2.75, 3.05) is 13.1 Å². The molecule has 0 aliphatic carbocycles. The van der Waals surface area contributed by atoms with E-state index >= 15 is 0 Å². The van der Waals surface area contributed by atoms with Gasteiger partial charge < -0.3 is 14.7 Å². The first kappa shape index (κ1) is 10.3. The molecule has 1 rings (SSSR count). The van der Waals surface area contributed by atoms with E-state index in [9.17, 15) is 9.90 Å². The zero-order valence-corrected chi connectivity index (χ0v) is 8.19. The van der Waals surface area contributed by atoms with Crippen LogP contribution in [0.4, 0.5) is 4.79 Å². The van der Waals surface area contributed by atoms with Crippen LogP contribution in [0.3, 0.4) is 0 Å². The van der Waals surface area contributed by atoms with Crippen molar-refractivity contribution < 1.29 is 14.6 Å². The Morgan fingerprint density at radius 3 is 2.85 bits per heavy atom. The smallest absolute Gasteiger partial charge is 0.410 e. The molecule has 1 heterocycles. The molecule has 1 atom stereocenters. The molecule has 1 aliphatic rings. The number of likely N-dealkylation sites (tertiary alicyclic amines) is 1. The second kappa shape index (κ2) is 4.46. The second-order valence-electron chi connectivity index (χ2n) is 3.67. The summed E-state index contributed by atoms with van der Waals surface area (Å²) in [6.07, 6.45) is 0.855. The van der Waals surface area contributed by atoms with Crippen LogP contribution < -0.4 is 0 Å². The van der Waals surface area contributed by atoms with E-state index in [4.69, 9.17) is 4.74 Å². The van der Waals surface area contributed by atoms with Gasteiger partial charge in [-0.05, 0) is 26.7 Å². The summed E-state index contributed by atoms with van der Waals surface area (Å²) < 4.78 is 5.01. The van der Waals surface area contributed by atoms with Crippen molar-refractivity contribution in [2.24, 2.45) is 0 Å². The van der Waals surface area contributed by atoms with Gasteiger partial charge in [0.05, 0.1) is 12.2 Å². The van der Waals surface area contributed by atoms with E-state index in [2.05, 4.69) is 0 Å². The average Bonchev–Trinajstić information content (AvgIpc) is 2.03. The maximum atomic E-state index is 11.3. The molecule has 0 unspecified atom stereocenters. The fourth-order valence-electron chi connectivity index (χ4n) is 1.40. The molecule has 0 aromatic carbocycles. The van der Waals surface area contributed by atoms with Gasteiger partial charge in [-0.3, -0.25) is 0 Å². The van der Waals surface area contributed by atoms with Crippen LogP contribution in [0.5, 0.6) is 0 Å². The summed E-state index contributed by atoms with van der Waals surface area (Å²) in [5.74, 6) is 0. The van der Waals surface area contributed by atoms with Gasteiger partial charge >= 0.3 is 6.09 Å². The Hall–Kier alpha value is -0.770. The topological polar surface area (TPSA) is 49.8 Å². The van der Waals surface area contributed by atoms with E-state index in [1.807, 2.05) is 13.8 Å². The number of hydrogen-bond acceptors (Lipinski definition) is 3. The van der Waals surface area contributed by atoms with Crippen LogP contribution in [0.2, 0.25) is 0 Å². The van der Waals surface area contributed by atoms with Crippen LogP contribution in [-0.2, 0) is 4.74 Å². The first-order valence-corrected chi connectivity index (χ1v) is 4.73. The number of amides is 1. The summed E-state index contributed by atoms with van der Waals surface area (Å²) in [5.41, 5.74) is 0. The highest BCUT2D eigenvalue weighted by Crippen LogP contribution is 2.11. The van der Waals surface area contributed by atoms with Gasteiger partial charge in [-0.2, -0.15) is 0 Å². The van der Waals surface area contributed by atoms with E-state index in [1.165, 1.54) is 0 Å². The number of piperidine rings is 1. The van der Waals surface area contributed by atoms with Crippen molar-refractivity contribution in [3.63, 3.8) is 0 Å². The number of β-amino-alcohol motifs (C(OH)–C–C–N with tert-alkyl or cyclic N) is 1. The number of rotatable bonds is 1. The van der Waals surface area contributed by atoms with E-state index in [-0.39, 0.29) is 18.3 Å². The minimum atomic E-state index is -0.381. The highest BCUT2D eigenvalue weighted by atomic mass is 16.6. The zero-order valence-electron chi connectivity index (χ0n) is 8.19. The summed E-state index contributed by atoms with van der Waals surface area (Å²) in [4.78, 5) is 12.9. The van der Waals surface area contributed by atoms with Crippen molar-refractivity contribution >= 4 is 6.09 Å². The predicted octanol–water partition coefficient (Wildman–Crippen LogP) is 0.988. The minimum Gasteiger partial charge on any atom is -0.447 e. The fraction of sp³-hybridized carbons (Fsp3) is 0.889. The molecule has 1 N–H and O–H groups in total. The third-order valence-corrected chi connectivity index (χ3v) is 1.99. The summed E-state index contributed by atoms with van der Waals surface area (Å²) in [6.45, 7) is 4.74. The van der Waals surface area contributed by atoms with Crippen molar-refractivity contribution in [3.05, 3.63) is 0 Å². The molecule has 13 heavy (non-hydrogen) atoms. The molecule has 0 aromatic heterocycles. The van der Waals surface area contributed by atoms with Crippen molar-refractivity contribution in [3.8, 4) is 0 Å². The van der Waals surface area contributed by atoms with Crippen LogP contribution >= 0.6 is 0 Å². The number of aliphatic hydroxyl groups is 1. The van der Waals surface area contributed by atoms with Gasteiger partial charge in [-0.1, -0.05) is 0 Å². The Morgan fingerprint density at radius 1 is 1.62 bits per heavy atom. The van der Waals surface area contributed by atoms with Gasteiger partial charge in [0, 0.05) is 13.1 Å². The van der Waals surface area contributed by atoms with Gasteiger partial charge in [0.2, 0.25) is 0 Å². The number of carbonyl (C=O) groups excluding carboxylic acids is 1. The van der Waals surface area contributed by atoms with Gasteiger partial charge in [0.15, 0.2) is 0 Å². The standard InChI is InChI=1S/C9H17NO3/c1-7(2)13-9(12)10-5-3-4-8(11)6-10/h7-8,11H,3-6H2,1-2H3/t8-/m0/s1. The average molecular weight is 187 g/mol. The third kappa shape index (κ3) is 3.22. The van der Waals surface area contributed by atoms with Crippen LogP contribution in [0.25, 0.3) is 0 Å². The number of nitrogens with zero attached hydrogens (tertiary/aromatic N) is 1. The molecule has 0 bridgehead atoms. The number of aliphatic hydroxyl groups excluding tert-OH is 1. The monoisotopic (exact) mass is 187 g/mol. The van der Waals surface area contributed by atoms with Gasteiger partial charge in [-0.15, -0.1) is 0 Å². The third-order valence-electron chi connectivity index (χ3n) is 1.99. The van der Waals surface area contributed by atoms with E-state index in [0.717, 1.165) is 12.8 Å². The number of carbonyl (C=O) groups is 1. The van der Waals surface area contributed by atoms with E-state index < -0.39 is 0 Å². The summed E-state index contributed by atoms with van der Waals surface area (Å²) in [5, 5.41) is 9.31. The van der Waals surface area contributed by atoms with E-state index in [0.29, 0.717) is 13.1 Å². The van der Waals surface area contributed by atoms with Crippen LogP contribution in [0.1, 0.15) is 26.7 Å². The Labute approximate surface area is 78.5 Å². The molecule has 0 spiro atoms. The number of ether oxygens (including phenoxy) is 1. The lowest BCUT2D eigenvalue weighted by Gasteiger charge is -2.29. The van der Waals surface area contributed by atoms with Crippen molar-refractivity contribution in [1.29, 1.82) is 0 Å². The molecule has 1 aliphatic heterocycles. The normalized spacial score (nSPS) is 23.4. The molecule has 0 aromatic rings. The summed E-state index contributed by atoms with van der Waals surface area (Å²) >= 11 is 0. The zero-order chi connectivity index (χ0) is 9.84. The van der Waals surface area contributed by atoms with Crippen molar-refractivity contribution in [1.82, 2.24) is 4.90 Å². The molecular weight excluding hydrogens is 170 g/mol. The summed E-state index contributed by atoms with van der Waals surface area (Å²) in [6, 6.07) is 0. The first-order valence-electron chi connectivity index (χ1n) is 4.73. The highest BCUT2D eigenvalue weighted by molar-refractivity contribution is 5.67. The highest BCUT2D eigenvalue weighted by Gasteiger charge is 2.23. The predicted molar refractivity (Wildman–Crippen MR) is 48.4 cm³/mol. The largest absolute Gasteiger partial charge is 0.447 e. The lowest BCUT2D eigenvalue weighted by atomic mass is 10.1. The molecule has 76 valence electrons. The minimum absolute atomic E-state index is 0.0911. The Morgan fingerprint density at radius 2 is 2.31 bits per heavy atom. The van der Waals surface area contributed by atoms with Crippen LogP contribution in [-0.4, -0.2) is 41.4 Å². The number of hydrogen-bond donors (Lipinski definition) is 1. The Balaban J connectivity index is 2.37. The molecule has 0 radical (unpaired) electrons. The fourth-order valence-corrected chi connectivity index (χ4v) is 1.40. The van der Waals surface area contributed by atoms with Gasteiger partial charge in [0.1, 0.15) is 0 Å².